The van der Waals surface area contributed by atoms with Gasteiger partial charge in [-0.3, -0.25) is 13.8 Å². The predicted octanol–water partition coefficient (Wildman–Crippen LogP) is 16.1. The zero-order chi connectivity index (χ0) is 45.7. The molecule has 3 unspecified atom stereocenters. The molecule has 0 aromatic carbocycles. The number of aliphatic hydroxyl groups excluding tert-OH is 1. The number of aliphatic hydroxyl groups is 1. The van der Waals surface area contributed by atoms with Crippen molar-refractivity contribution in [1.82, 2.24) is 5.32 Å². The van der Waals surface area contributed by atoms with Gasteiger partial charge >= 0.3 is 7.82 Å². The van der Waals surface area contributed by atoms with Crippen LogP contribution in [0.4, 0.5) is 0 Å². The van der Waals surface area contributed by atoms with Gasteiger partial charge in [0.05, 0.1) is 39.9 Å². The number of nitrogens with zero attached hydrogens (tertiary/aromatic N) is 1. The third kappa shape index (κ3) is 47.5. The van der Waals surface area contributed by atoms with E-state index in [9.17, 15) is 19.4 Å². The zero-order valence-corrected chi connectivity index (χ0v) is 43.3. The van der Waals surface area contributed by atoms with E-state index in [2.05, 4.69) is 19.2 Å². The van der Waals surface area contributed by atoms with Crippen molar-refractivity contribution in [1.29, 1.82) is 0 Å². The Balaban J connectivity index is 4.04. The summed E-state index contributed by atoms with van der Waals surface area (Å²) in [6.07, 6.45) is 53.0. The lowest BCUT2D eigenvalue weighted by Crippen LogP contribution is -2.46. The summed E-state index contributed by atoms with van der Waals surface area (Å²) < 4.78 is 23.7. The molecule has 0 saturated heterocycles. The lowest BCUT2D eigenvalue weighted by atomic mass is 10.0. The molecule has 0 spiro atoms. The maximum atomic E-state index is 13.0. The van der Waals surface area contributed by atoms with Crippen LogP contribution in [0, 0.1) is 0 Å². The molecule has 62 heavy (non-hydrogen) atoms. The van der Waals surface area contributed by atoms with Crippen molar-refractivity contribution < 1.29 is 32.9 Å². The number of amides is 1. The van der Waals surface area contributed by atoms with Crippen LogP contribution in [0.1, 0.15) is 284 Å². The second kappa shape index (κ2) is 45.6. The maximum Gasteiger partial charge on any atom is 0.472 e. The van der Waals surface area contributed by atoms with Crippen LogP contribution in [-0.2, 0) is 18.4 Å². The molecule has 0 aliphatic rings. The van der Waals surface area contributed by atoms with Crippen LogP contribution in [0.25, 0.3) is 0 Å². The highest BCUT2D eigenvalue weighted by Gasteiger charge is 2.28. The Kier molecular flexibility index (Phi) is 45.3. The first-order valence-corrected chi connectivity index (χ1v) is 28.9. The molecular weight excluding hydrogens is 792 g/mol. The molecule has 372 valence electrons. The van der Waals surface area contributed by atoms with Crippen molar-refractivity contribution in [2.24, 2.45) is 0 Å². The Morgan fingerprint density at radius 1 is 0.484 bits per heavy atom. The second-order valence-corrected chi connectivity index (χ2v) is 21.8. The molecule has 0 radical (unpaired) electrons. The Morgan fingerprint density at radius 2 is 0.774 bits per heavy atom. The van der Waals surface area contributed by atoms with E-state index in [0.717, 1.165) is 38.5 Å². The fourth-order valence-corrected chi connectivity index (χ4v) is 9.26. The van der Waals surface area contributed by atoms with Crippen molar-refractivity contribution in [3.8, 4) is 0 Å². The van der Waals surface area contributed by atoms with E-state index in [0.29, 0.717) is 23.9 Å². The van der Waals surface area contributed by atoms with Crippen LogP contribution in [-0.4, -0.2) is 73.4 Å². The van der Waals surface area contributed by atoms with E-state index in [1.807, 2.05) is 21.1 Å². The number of nitrogens with one attached hydrogen (secondary N) is 1. The first-order chi connectivity index (χ1) is 30.0. The van der Waals surface area contributed by atoms with Gasteiger partial charge in [0.1, 0.15) is 13.2 Å². The van der Waals surface area contributed by atoms with Crippen molar-refractivity contribution in [2.75, 3.05) is 40.9 Å². The van der Waals surface area contributed by atoms with E-state index in [4.69, 9.17) is 9.05 Å². The number of rotatable bonds is 51. The minimum atomic E-state index is -4.31. The van der Waals surface area contributed by atoms with Crippen molar-refractivity contribution in [3.05, 3.63) is 0 Å². The summed E-state index contributed by atoms with van der Waals surface area (Å²) in [5.41, 5.74) is 0. The first-order valence-electron chi connectivity index (χ1n) is 27.4. The average molecular weight is 902 g/mol. The number of hydrogen-bond donors (Lipinski definition) is 3. The monoisotopic (exact) mass is 902 g/mol. The molecule has 0 bridgehead atoms. The Hall–Kier alpha value is -0.500. The average Bonchev–Trinajstić information content (AvgIpc) is 3.23. The molecule has 9 heteroatoms. The molecular formula is C53H110N2O6P+. The molecule has 0 aliphatic heterocycles. The number of quaternary nitrogens is 1. The van der Waals surface area contributed by atoms with Gasteiger partial charge in [-0.2, -0.15) is 0 Å². The van der Waals surface area contributed by atoms with Crippen molar-refractivity contribution >= 4 is 13.7 Å². The SMILES string of the molecule is CCCCCCCCCCCCCCCCCCCCCCCCCCCCCC(=O)NC(COP(=O)(O)OCC[N+](C)(C)C)C(O)CCCCCCCCCCCCCCC. The molecule has 0 aromatic rings. The number of unbranched alkanes of at least 4 members (excludes halogenated alkanes) is 38. The van der Waals surface area contributed by atoms with E-state index in [1.54, 1.807) is 0 Å². The van der Waals surface area contributed by atoms with Crippen LogP contribution in [0.15, 0.2) is 0 Å². The van der Waals surface area contributed by atoms with Crippen molar-refractivity contribution in [3.63, 3.8) is 0 Å². The van der Waals surface area contributed by atoms with Gasteiger partial charge in [-0.15, -0.1) is 0 Å². The lowest BCUT2D eigenvalue weighted by Gasteiger charge is -2.26. The number of phosphoric ester groups is 1. The number of likely N-dealkylation sites (N-methyl/N-ethyl adjacent to an activating group) is 1. The summed E-state index contributed by atoms with van der Waals surface area (Å²) in [4.78, 5) is 23.3. The van der Waals surface area contributed by atoms with E-state index < -0.39 is 20.0 Å². The maximum absolute atomic E-state index is 13.0. The predicted molar refractivity (Wildman–Crippen MR) is 268 cm³/mol. The van der Waals surface area contributed by atoms with Gasteiger partial charge in [0.15, 0.2) is 0 Å². The fraction of sp³-hybridized carbons (Fsp3) is 0.981. The molecule has 0 aromatic heterocycles. The highest BCUT2D eigenvalue weighted by atomic mass is 31.2. The molecule has 3 N–H and O–H groups in total. The van der Waals surface area contributed by atoms with Gasteiger partial charge < -0.3 is 19.8 Å². The first kappa shape index (κ1) is 61.5. The van der Waals surface area contributed by atoms with Gasteiger partial charge in [0, 0.05) is 6.42 Å². The molecule has 0 heterocycles. The normalized spacial score (nSPS) is 14.0. The summed E-state index contributed by atoms with van der Waals surface area (Å²) in [5, 5.41) is 14.0. The quantitative estimate of drug-likeness (QED) is 0.0319. The minimum Gasteiger partial charge on any atom is -0.391 e. The Bertz CT molecular complexity index is 978. The minimum absolute atomic E-state index is 0.0788. The molecule has 0 fully saturated rings. The third-order valence-electron chi connectivity index (χ3n) is 12.9. The van der Waals surface area contributed by atoms with Crippen LogP contribution in [0.5, 0.6) is 0 Å². The van der Waals surface area contributed by atoms with Crippen LogP contribution >= 0.6 is 7.82 Å². The highest BCUT2D eigenvalue weighted by Crippen LogP contribution is 2.43. The molecule has 8 nitrogen and oxygen atoms in total. The number of hydrogen-bond acceptors (Lipinski definition) is 5. The molecule has 0 rings (SSSR count). The molecule has 1 amide bonds. The van der Waals surface area contributed by atoms with Crippen LogP contribution < -0.4 is 5.32 Å². The summed E-state index contributed by atoms with van der Waals surface area (Å²) in [6, 6.07) is -0.753. The lowest BCUT2D eigenvalue weighted by molar-refractivity contribution is -0.870. The molecule has 0 aliphatic carbocycles. The third-order valence-corrected chi connectivity index (χ3v) is 13.8. The van der Waals surface area contributed by atoms with Gasteiger partial charge in [-0.25, -0.2) is 4.57 Å². The topological polar surface area (TPSA) is 105 Å². The summed E-state index contributed by atoms with van der Waals surface area (Å²) in [6.45, 7) is 4.93. The smallest absolute Gasteiger partial charge is 0.391 e. The van der Waals surface area contributed by atoms with Gasteiger partial charge in [-0.1, -0.05) is 264 Å². The Morgan fingerprint density at radius 3 is 1.08 bits per heavy atom. The largest absolute Gasteiger partial charge is 0.472 e. The summed E-state index contributed by atoms with van der Waals surface area (Å²) >= 11 is 0. The van der Waals surface area contributed by atoms with E-state index >= 15 is 0 Å². The molecule has 3 atom stereocenters. The number of carbonyl (C=O) groups is 1. The standard InChI is InChI=1S/C53H109N2O6P/c1-6-8-10-12-14-16-18-20-21-22-23-24-25-26-27-28-29-30-31-32-33-35-37-39-41-43-45-47-53(57)54-51(50-61-62(58,59)60-49-48-55(3,4)5)52(56)46-44-42-40-38-36-34-19-17-15-13-11-9-7-2/h51-52,56H,6-50H2,1-5H3,(H-,54,57,58,59)/p+1. The van der Waals surface area contributed by atoms with E-state index in [-0.39, 0.29) is 19.1 Å². The Labute approximate surface area is 387 Å². The fourth-order valence-electron chi connectivity index (χ4n) is 8.52. The summed E-state index contributed by atoms with van der Waals surface area (Å²) in [7, 11) is 1.63. The zero-order valence-electron chi connectivity index (χ0n) is 42.4. The second-order valence-electron chi connectivity index (χ2n) is 20.3. The van der Waals surface area contributed by atoms with Gasteiger partial charge in [0.25, 0.3) is 0 Å². The number of phosphoric acid groups is 1. The van der Waals surface area contributed by atoms with Gasteiger partial charge in [0.2, 0.25) is 5.91 Å². The summed E-state index contributed by atoms with van der Waals surface area (Å²) in [5.74, 6) is -0.138. The van der Waals surface area contributed by atoms with Crippen LogP contribution in [0.2, 0.25) is 0 Å². The highest BCUT2D eigenvalue weighted by molar-refractivity contribution is 7.47. The van der Waals surface area contributed by atoms with E-state index in [1.165, 1.54) is 218 Å². The molecule has 0 saturated carbocycles. The van der Waals surface area contributed by atoms with Crippen LogP contribution in [0.3, 0.4) is 0 Å². The van der Waals surface area contributed by atoms with Gasteiger partial charge in [-0.05, 0) is 12.8 Å². The van der Waals surface area contributed by atoms with Crippen molar-refractivity contribution in [2.45, 2.75) is 296 Å². The number of carbonyl (C=O) groups excluding carboxylic acids is 1.